The fraction of sp³-hybridized carbons (Fsp3) is 0.316. The van der Waals surface area contributed by atoms with E-state index in [0.717, 1.165) is 11.1 Å². The molecule has 3 rings (SSSR count). The van der Waals surface area contributed by atoms with Gasteiger partial charge in [-0.05, 0) is 29.7 Å². The first-order valence-corrected chi connectivity index (χ1v) is 7.87. The first-order chi connectivity index (χ1) is 11.2. The number of halogens is 1. The molecule has 120 valence electrons. The Morgan fingerprint density at radius 3 is 2.52 bits per heavy atom. The van der Waals surface area contributed by atoms with Gasteiger partial charge in [-0.3, -0.25) is 4.79 Å². The van der Waals surface area contributed by atoms with Crippen molar-refractivity contribution in [2.75, 3.05) is 19.8 Å². The van der Waals surface area contributed by atoms with Gasteiger partial charge in [0.25, 0.3) is 0 Å². The second-order valence-corrected chi connectivity index (χ2v) is 5.85. The van der Waals surface area contributed by atoms with Crippen molar-refractivity contribution in [3.8, 4) is 0 Å². The number of nitrogens with zero attached hydrogens (tertiary/aromatic N) is 1. The summed E-state index contributed by atoms with van der Waals surface area (Å²) >= 11 is 0. The van der Waals surface area contributed by atoms with Crippen molar-refractivity contribution in [1.82, 2.24) is 4.90 Å². The van der Waals surface area contributed by atoms with Gasteiger partial charge in [-0.2, -0.15) is 0 Å². The quantitative estimate of drug-likeness (QED) is 0.868. The molecule has 0 saturated carbocycles. The van der Waals surface area contributed by atoms with Gasteiger partial charge >= 0.3 is 0 Å². The van der Waals surface area contributed by atoms with E-state index >= 15 is 0 Å². The van der Waals surface area contributed by atoms with E-state index < -0.39 is 0 Å². The number of carbonyl (C=O) groups is 1. The molecule has 0 N–H and O–H groups in total. The maximum Gasteiger partial charge on any atom is 0.228 e. The minimum absolute atomic E-state index is 0.107. The highest BCUT2D eigenvalue weighted by Gasteiger charge is 2.27. The molecule has 1 saturated heterocycles. The van der Waals surface area contributed by atoms with E-state index in [1.807, 2.05) is 35.2 Å². The Bertz CT molecular complexity index is 642. The van der Waals surface area contributed by atoms with Gasteiger partial charge in [0, 0.05) is 13.1 Å². The van der Waals surface area contributed by atoms with Crippen LogP contribution in [-0.4, -0.2) is 30.6 Å². The zero-order chi connectivity index (χ0) is 16.1. The van der Waals surface area contributed by atoms with Crippen LogP contribution < -0.4 is 0 Å². The molecule has 1 aliphatic rings. The van der Waals surface area contributed by atoms with Crippen molar-refractivity contribution in [1.29, 1.82) is 0 Å². The summed E-state index contributed by atoms with van der Waals surface area (Å²) in [7, 11) is 0. The van der Waals surface area contributed by atoms with Crippen LogP contribution in [0.5, 0.6) is 0 Å². The molecule has 1 amide bonds. The predicted octanol–water partition coefficient (Wildman–Crippen LogP) is 3.04. The zero-order valence-electron chi connectivity index (χ0n) is 13.0. The minimum Gasteiger partial charge on any atom is -0.379 e. The van der Waals surface area contributed by atoms with Crippen LogP contribution in [0.25, 0.3) is 0 Å². The molecule has 4 heteroatoms. The molecule has 23 heavy (non-hydrogen) atoms. The Balaban J connectivity index is 1.70. The number of carbonyl (C=O) groups excluding carboxylic acids is 1. The third-order valence-corrected chi connectivity index (χ3v) is 4.10. The maximum absolute atomic E-state index is 13.0. The summed E-state index contributed by atoms with van der Waals surface area (Å²) in [5.74, 6) is -0.370. The van der Waals surface area contributed by atoms with Crippen molar-refractivity contribution in [2.45, 2.75) is 13.0 Å². The fourth-order valence-electron chi connectivity index (χ4n) is 2.85. The summed E-state index contributed by atoms with van der Waals surface area (Å²) in [6.07, 6.45) is 0.574. The summed E-state index contributed by atoms with van der Waals surface area (Å²) < 4.78 is 18.6. The maximum atomic E-state index is 13.0. The first kappa shape index (κ1) is 15.7. The highest BCUT2D eigenvalue weighted by Crippen LogP contribution is 2.17. The molecule has 1 atom stereocenters. The summed E-state index contributed by atoms with van der Waals surface area (Å²) in [5, 5.41) is 0. The van der Waals surface area contributed by atoms with E-state index in [1.54, 1.807) is 12.1 Å². The van der Waals surface area contributed by atoms with Gasteiger partial charge in [0.1, 0.15) is 5.82 Å². The van der Waals surface area contributed by atoms with E-state index in [4.69, 9.17) is 4.74 Å². The molecule has 0 aromatic heterocycles. The van der Waals surface area contributed by atoms with E-state index in [1.165, 1.54) is 12.1 Å². The molecule has 1 aliphatic heterocycles. The standard InChI is InChI=1S/C19H20FNO2/c20-18-8-6-15(7-9-18)12-17-14-23-11-10-21(19(17)22)13-16-4-2-1-3-5-16/h1-9,17H,10-14H2. The zero-order valence-corrected chi connectivity index (χ0v) is 13.0. The number of ether oxygens (including phenoxy) is 1. The molecule has 0 bridgehead atoms. The van der Waals surface area contributed by atoms with E-state index in [2.05, 4.69) is 0 Å². The van der Waals surface area contributed by atoms with Gasteiger partial charge in [0.2, 0.25) is 5.91 Å². The second-order valence-electron chi connectivity index (χ2n) is 5.85. The number of hydrogen-bond acceptors (Lipinski definition) is 2. The fourth-order valence-corrected chi connectivity index (χ4v) is 2.85. The van der Waals surface area contributed by atoms with Crippen LogP contribution in [0.3, 0.4) is 0 Å². The average molecular weight is 313 g/mol. The molecule has 1 unspecified atom stereocenters. The average Bonchev–Trinajstić information content (AvgIpc) is 2.74. The van der Waals surface area contributed by atoms with E-state index in [9.17, 15) is 9.18 Å². The third-order valence-electron chi connectivity index (χ3n) is 4.10. The number of amides is 1. The van der Waals surface area contributed by atoms with Crippen LogP contribution in [-0.2, 0) is 22.5 Å². The van der Waals surface area contributed by atoms with Crippen molar-refractivity contribution < 1.29 is 13.9 Å². The predicted molar refractivity (Wildman–Crippen MR) is 86.3 cm³/mol. The molecule has 3 nitrogen and oxygen atoms in total. The lowest BCUT2D eigenvalue weighted by molar-refractivity contribution is -0.135. The normalized spacial score (nSPS) is 18.7. The van der Waals surface area contributed by atoms with Crippen molar-refractivity contribution in [3.63, 3.8) is 0 Å². The monoisotopic (exact) mass is 313 g/mol. The Morgan fingerprint density at radius 1 is 1.04 bits per heavy atom. The summed E-state index contributed by atoms with van der Waals surface area (Å²) in [4.78, 5) is 14.7. The Kier molecular flexibility index (Phi) is 5.03. The van der Waals surface area contributed by atoms with Gasteiger partial charge in [-0.1, -0.05) is 42.5 Å². The van der Waals surface area contributed by atoms with Gasteiger partial charge in [-0.15, -0.1) is 0 Å². The lowest BCUT2D eigenvalue weighted by Crippen LogP contribution is -2.36. The molecule has 0 radical (unpaired) electrons. The van der Waals surface area contributed by atoms with Gasteiger partial charge in [0.05, 0.1) is 19.1 Å². The first-order valence-electron chi connectivity index (χ1n) is 7.87. The Morgan fingerprint density at radius 2 is 1.78 bits per heavy atom. The summed E-state index contributed by atoms with van der Waals surface area (Å²) in [6, 6.07) is 16.3. The van der Waals surface area contributed by atoms with Crippen LogP contribution in [0.4, 0.5) is 4.39 Å². The highest BCUT2D eigenvalue weighted by atomic mass is 19.1. The molecule has 2 aromatic carbocycles. The molecule has 0 spiro atoms. The SMILES string of the molecule is O=C1C(Cc2ccc(F)cc2)COCCN1Cc1ccccc1. The number of benzene rings is 2. The molecule has 1 heterocycles. The molecule has 0 aliphatic carbocycles. The van der Waals surface area contributed by atoms with E-state index in [-0.39, 0.29) is 17.6 Å². The minimum atomic E-state index is -0.261. The van der Waals surface area contributed by atoms with Gasteiger partial charge < -0.3 is 9.64 Å². The highest BCUT2D eigenvalue weighted by molar-refractivity contribution is 5.79. The second kappa shape index (κ2) is 7.38. The van der Waals surface area contributed by atoms with E-state index in [0.29, 0.717) is 32.7 Å². The Labute approximate surface area is 135 Å². The van der Waals surface area contributed by atoms with Crippen LogP contribution >= 0.6 is 0 Å². The van der Waals surface area contributed by atoms with Crippen LogP contribution in [0.1, 0.15) is 11.1 Å². The summed E-state index contributed by atoms with van der Waals surface area (Å²) in [5.41, 5.74) is 2.07. The topological polar surface area (TPSA) is 29.5 Å². The largest absolute Gasteiger partial charge is 0.379 e. The molecule has 1 fully saturated rings. The van der Waals surface area contributed by atoms with Gasteiger partial charge in [-0.25, -0.2) is 4.39 Å². The number of rotatable bonds is 4. The van der Waals surface area contributed by atoms with Crippen molar-refractivity contribution >= 4 is 5.91 Å². The number of hydrogen-bond donors (Lipinski definition) is 0. The molecular weight excluding hydrogens is 293 g/mol. The van der Waals surface area contributed by atoms with Crippen LogP contribution in [0.15, 0.2) is 54.6 Å². The molecule has 2 aromatic rings. The lowest BCUT2D eigenvalue weighted by atomic mass is 9.98. The lowest BCUT2D eigenvalue weighted by Gasteiger charge is -2.23. The van der Waals surface area contributed by atoms with Crippen LogP contribution in [0.2, 0.25) is 0 Å². The summed E-state index contributed by atoms with van der Waals surface area (Å²) in [6.45, 7) is 2.18. The van der Waals surface area contributed by atoms with Crippen LogP contribution in [0, 0.1) is 11.7 Å². The van der Waals surface area contributed by atoms with Gasteiger partial charge in [0.15, 0.2) is 0 Å². The smallest absolute Gasteiger partial charge is 0.228 e. The van der Waals surface area contributed by atoms with Crippen molar-refractivity contribution in [3.05, 3.63) is 71.5 Å². The Hall–Kier alpha value is -2.20. The van der Waals surface area contributed by atoms with Crippen molar-refractivity contribution in [2.24, 2.45) is 5.92 Å². The third kappa shape index (κ3) is 4.17. The molecular formula is C19H20FNO2.